The molecule has 7 heteroatoms. The van der Waals surface area contributed by atoms with Gasteiger partial charge in [-0.1, -0.05) is 19.9 Å². The molecule has 0 aliphatic carbocycles. The van der Waals surface area contributed by atoms with Gasteiger partial charge in [-0.15, -0.1) is 11.3 Å². The Morgan fingerprint density at radius 3 is 2.56 bits per heavy atom. The Morgan fingerprint density at radius 2 is 1.96 bits per heavy atom. The fourth-order valence-corrected chi connectivity index (χ4v) is 4.02. The van der Waals surface area contributed by atoms with E-state index in [1.54, 1.807) is 46.9 Å². The highest BCUT2D eigenvalue weighted by Gasteiger charge is 2.43. The molecule has 0 unspecified atom stereocenters. The molecule has 142 valence electrons. The van der Waals surface area contributed by atoms with E-state index in [1.807, 2.05) is 0 Å². The minimum atomic E-state index is -0.606. The number of ketones is 1. The number of Topliss-reactive ketones (excluding diaryl/α,β-unsaturated/α-hetero) is 1. The van der Waals surface area contributed by atoms with Gasteiger partial charge in [-0.25, -0.2) is 0 Å². The van der Waals surface area contributed by atoms with E-state index in [1.165, 1.54) is 11.3 Å². The van der Waals surface area contributed by atoms with E-state index in [0.29, 0.717) is 18.0 Å². The van der Waals surface area contributed by atoms with Gasteiger partial charge in [-0.2, -0.15) is 0 Å². The summed E-state index contributed by atoms with van der Waals surface area (Å²) in [5, 5.41) is 12.4. The third-order valence-electron chi connectivity index (χ3n) is 4.87. The molecule has 1 aliphatic rings. The molecule has 0 bridgehead atoms. The molecule has 1 N–H and O–H groups in total. The highest BCUT2D eigenvalue weighted by atomic mass is 32.1. The third kappa shape index (κ3) is 3.79. The van der Waals surface area contributed by atoms with Crippen LogP contribution in [0.1, 0.15) is 35.1 Å². The predicted molar refractivity (Wildman–Crippen MR) is 105 cm³/mol. The number of hydrogen-bond donors (Lipinski definition) is 1. The first kappa shape index (κ1) is 19.3. The molecule has 3 heterocycles. The van der Waals surface area contributed by atoms with Gasteiger partial charge >= 0.3 is 0 Å². The van der Waals surface area contributed by atoms with Crippen molar-refractivity contribution in [3.63, 3.8) is 0 Å². The smallest absolute Gasteiger partial charge is 0.290 e. The van der Waals surface area contributed by atoms with Gasteiger partial charge in [0.15, 0.2) is 5.76 Å². The third-order valence-corrected chi connectivity index (χ3v) is 5.74. The summed E-state index contributed by atoms with van der Waals surface area (Å²) in [6.07, 6.45) is 3.26. The number of rotatable bonds is 8. The van der Waals surface area contributed by atoms with Crippen molar-refractivity contribution in [2.24, 2.45) is 0 Å². The number of hydrogen-bond acceptors (Lipinski definition) is 6. The molecule has 0 saturated carbocycles. The van der Waals surface area contributed by atoms with Gasteiger partial charge in [0.25, 0.3) is 5.91 Å². The Hall–Kier alpha value is -2.51. The van der Waals surface area contributed by atoms with Crippen LogP contribution >= 0.6 is 11.3 Å². The van der Waals surface area contributed by atoms with Crippen molar-refractivity contribution in [3.8, 4) is 0 Å². The van der Waals surface area contributed by atoms with Gasteiger partial charge in [0.1, 0.15) is 0 Å². The van der Waals surface area contributed by atoms with Gasteiger partial charge in [-0.3, -0.25) is 14.6 Å². The molecule has 2 aromatic heterocycles. The number of nitrogens with zero attached hydrogens (tertiary/aromatic N) is 3. The normalized spacial score (nSPS) is 17.2. The summed E-state index contributed by atoms with van der Waals surface area (Å²) in [6.45, 7) is 6.98. The van der Waals surface area contributed by atoms with E-state index in [4.69, 9.17) is 0 Å². The van der Waals surface area contributed by atoms with Gasteiger partial charge in [-0.05, 0) is 42.2 Å². The lowest BCUT2D eigenvalue weighted by Gasteiger charge is -2.29. The van der Waals surface area contributed by atoms with E-state index in [0.717, 1.165) is 18.7 Å². The number of aliphatic hydroxyl groups is 1. The van der Waals surface area contributed by atoms with E-state index < -0.39 is 17.7 Å². The van der Waals surface area contributed by atoms with Crippen LogP contribution in [0.15, 0.2) is 53.4 Å². The quantitative estimate of drug-likeness (QED) is 0.707. The molecule has 0 saturated heterocycles. The maximum absolute atomic E-state index is 13.0. The SMILES string of the molecule is CCN(CC)CCN1C(=O)C(O)=C(C(=O)c2cccs2)[C@H]1c1ccncc1. The minimum Gasteiger partial charge on any atom is -0.503 e. The molecule has 0 radical (unpaired) electrons. The van der Waals surface area contributed by atoms with Crippen molar-refractivity contribution in [3.05, 3.63) is 63.8 Å². The fraction of sp³-hybridized carbons (Fsp3) is 0.350. The number of amides is 1. The highest BCUT2D eigenvalue weighted by molar-refractivity contribution is 7.12. The lowest BCUT2D eigenvalue weighted by molar-refractivity contribution is -0.129. The molecule has 1 amide bonds. The molecule has 1 atom stereocenters. The van der Waals surface area contributed by atoms with E-state index in [9.17, 15) is 14.7 Å². The molecule has 3 rings (SSSR count). The van der Waals surface area contributed by atoms with E-state index in [2.05, 4.69) is 23.7 Å². The number of aromatic nitrogens is 1. The summed E-state index contributed by atoms with van der Waals surface area (Å²) in [4.78, 5) is 34.2. The summed E-state index contributed by atoms with van der Waals surface area (Å²) in [7, 11) is 0. The fourth-order valence-electron chi connectivity index (χ4n) is 3.34. The number of pyridine rings is 1. The number of carbonyl (C=O) groups is 2. The van der Waals surface area contributed by atoms with Crippen LogP contribution in [0.3, 0.4) is 0 Å². The molecule has 1 aliphatic heterocycles. The second-order valence-corrected chi connectivity index (χ2v) is 7.22. The summed E-state index contributed by atoms with van der Waals surface area (Å²) in [5.41, 5.74) is 0.912. The van der Waals surface area contributed by atoms with Crippen LogP contribution in [-0.4, -0.2) is 57.8 Å². The van der Waals surface area contributed by atoms with Crippen LogP contribution in [0, 0.1) is 0 Å². The van der Waals surface area contributed by atoms with E-state index >= 15 is 0 Å². The molecular formula is C20H23N3O3S. The molecule has 0 fully saturated rings. The maximum atomic E-state index is 13.0. The van der Waals surface area contributed by atoms with Crippen LogP contribution in [0.2, 0.25) is 0 Å². The van der Waals surface area contributed by atoms with Gasteiger partial charge < -0.3 is 14.9 Å². The van der Waals surface area contributed by atoms with Gasteiger partial charge in [0.05, 0.1) is 16.5 Å². The monoisotopic (exact) mass is 385 g/mol. The van der Waals surface area contributed by atoms with Crippen molar-refractivity contribution < 1.29 is 14.7 Å². The zero-order valence-corrected chi connectivity index (χ0v) is 16.3. The van der Waals surface area contributed by atoms with Crippen molar-refractivity contribution in [2.45, 2.75) is 19.9 Å². The average Bonchev–Trinajstić information content (AvgIpc) is 3.31. The minimum absolute atomic E-state index is 0.146. The summed E-state index contributed by atoms with van der Waals surface area (Å²) < 4.78 is 0. The maximum Gasteiger partial charge on any atom is 0.290 e. The Bertz CT molecular complexity index is 829. The Kier molecular flexibility index (Phi) is 6.03. The van der Waals surface area contributed by atoms with Crippen LogP contribution in [0.5, 0.6) is 0 Å². The average molecular weight is 385 g/mol. The second-order valence-electron chi connectivity index (χ2n) is 6.28. The van der Waals surface area contributed by atoms with Crippen molar-refractivity contribution in [1.29, 1.82) is 0 Å². The first-order valence-electron chi connectivity index (χ1n) is 9.03. The largest absolute Gasteiger partial charge is 0.503 e. The number of thiophene rings is 1. The predicted octanol–water partition coefficient (Wildman–Crippen LogP) is 3.06. The first-order valence-corrected chi connectivity index (χ1v) is 9.91. The lowest BCUT2D eigenvalue weighted by Crippen LogP contribution is -2.38. The number of aliphatic hydroxyl groups excluding tert-OH is 1. The Labute approximate surface area is 162 Å². The van der Waals surface area contributed by atoms with Crippen LogP contribution in [-0.2, 0) is 4.79 Å². The van der Waals surface area contributed by atoms with E-state index in [-0.39, 0.29) is 11.4 Å². The van der Waals surface area contributed by atoms with Crippen molar-refractivity contribution >= 4 is 23.0 Å². The Morgan fingerprint density at radius 1 is 1.26 bits per heavy atom. The Balaban J connectivity index is 1.98. The summed E-state index contributed by atoms with van der Waals surface area (Å²) in [6, 6.07) is 6.45. The summed E-state index contributed by atoms with van der Waals surface area (Å²) >= 11 is 1.30. The highest BCUT2D eigenvalue weighted by Crippen LogP contribution is 2.39. The van der Waals surface area contributed by atoms with Gasteiger partial charge in [0.2, 0.25) is 5.78 Å². The molecule has 0 spiro atoms. The molecule has 6 nitrogen and oxygen atoms in total. The topological polar surface area (TPSA) is 73.7 Å². The molecular weight excluding hydrogens is 362 g/mol. The van der Waals surface area contributed by atoms with Crippen molar-refractivity contribution in [2.75, 3.05) is 26.2 Å². The second kappa shape index (κ2) is 8.45. The first-order chi connectivity index (χ1) is 13.1. The van der Waals surface area contributed by atoms with Gasteiger partial charge in [0, 0.05) is 25.5 Å². The zero-order chi connectivity index (χ0) is 19.4. The van der Waals surface area contributed by atoms with Crippen LogP contribution < -0.4 is 0 Å². The lowest BCUT2D eigenvalue weighted by atomic mass is 9.96. The number of carbonyl (C=O) groups excluding carboxylic acids is 2. The number of likely N-dealkylation sites (N-methyl/N-ethyl adjacent to an activating group) is 1. The van der Waals surface area contributed by atoms with Crippen LogP contribution in [0.25, 0.3) is 0 Å². The molecule has 2 aromatic rings. The zero-order valence-electron chi connectivity index (χ0n) is 15.5. The standard InChI is InChI=1S/C20H23N3O3S/c1-3-22(4-2)11-12-23-17(14-7-9-21-10-8-14)16(19(25)20(23)26)18(24)15-6-5-13-27-15/h5-10,13,17,25H,3-4,11-12H2,1-2H3/t17-/m1/s1. The molecule has 27 heavy (non-hydrogen) atoms. The molecule has 0 aromatic carbocycles. The van der Waals surface area contributed by atoms with Crippen LogP contribution in [0.4, 0.5) is 0 Å². The van der Waals surface area contributed by atoms with Crippen molar-refractivity contribution in [1.82, 2.24) is 14.8 Å². The summed E-state index contributed by atoms with van der Waals surface area (Å²) in [5.74, 6) is -1.25.